The molecule has 8 aromatic heterocycles. The van der Waals surface area contributed by atoms with E-state index in [2.05, 4.69) is 47.1 Å². The Morgan fingerprint density at radius 3 is 1.40 bits per heavy atom. The van der Waals surface area contributed by atoms with Crippen LogP contribution in [-0.4, -0.2) is 28.2 Å². The number of aryl methyl sites for hydroxylation is 4. The maximum Gasteiger partial charge on any atom is 0.247 e. The van der Waals surface area contributed by atoms with Gasteiger partial charge in [0.15, 0.2) is 0 Å². The average molecular weight is 1020 g/mol. The molecule has 10 aromatic rings. The number of hydrogen-bond donors (Lipinski definition) is 0. The van der Waals surface area contributed by atoms with Gasteiger partial charge in [-0.05, 0) is 35.6 Å². The van der Waals surface area contributed by atoms with Crippen LogP contribution < -0.4 is 9.13 Å². The van der Waals surface area contributed by atoms with E-state index in [1.807, 2.05) is 83.4 Å². The summed E-state index contributed by atoms with van der Waals surface area (Å²) in [7, 11) is 7.67. The molecule has 12 nitrogen and oxygen atoms in total. The number of imidazole rings is 4. The summed E-state index contributed by atoms with van der Waals surface area (Å²) in [5.74, 6) is 2.92. The first-order valence-corrected chi connectivity index (χ1v) is 14.8. The molecule has 0 radical (unpaired) electrons. The molecule has 0 unspecified atom stereocenters. The Morgan fingerprint density at radius 2 is 1.04 bits per heavy atom. The first kappa shape index (κ1) is 33.3. The van der Waals surface area contributed by atoms with Crippen LogP contribution in [0.3, 0.4) is 0 Å². The molecule has 0 aliphatic heterocycles. The van der Waals surface area contributed by atoms with Crippen molar-refractivity contribution in [1.82, 2.24) is 28.2 Å². The summed E-state index contributed by atoms with van der Waals surface area (Å²) in [6, 6.07) is 10.8. The van der Waals surface area contributed by atoms with Crippen molar-refractivity contribution in [2.75, 3.05) is 0 Å². The Kier molecular flexibility index (Phi) is 8.62. The van der Waals surface area contributed by atoms with Crippen LogP contribution in [0.4, 0.5) is 0 Å². The van der Waals surface area contributed by atoms with E-state index in [1.165, 1.54) is 0 Å². The number of furan rings is 4. The number of rotatable bonds is 4. The molecule has 0 aliphatic rings. The van der Waals surface area contributed by atoms with E-state index < -0.39 is 0 Å². The molecule has 0 fully saturated rings. The number of hydrogen-bond acceptors (Lipinski definition) is 6. The Balaban J connectivity index is 0.000000151. The van der Waals surface area contributed by atoms with Gasteiger partial charge in [-0.2, -0.15) is 0 Å². The van der Waals surface area contributed by atoms with E-state index in [0.717, 1.165) is 66.3 Å². The Morgan fingerprint density at radius 1 is 0.600 bits per heavy atom. The van der Waals surface area contributed by atoms with Crippen molar-refractivity contribution in [2.45, 2.75) is 0 Å². The van der Waals surface area contributed by atoms with Crippen LogP contribution in [0.25, 0.3) is 78.0 Å². The van der Waals surface area contributed by atoms with Crippen LogP contribution in [0.5, 0.6) is 0 Å². The standard InChI is InChI=1S/2C18H12N4O2.2Pt/c2*1-20-5-6-22(11-20)18-13-8-14-15(17-19-3-4-21(17)2)10-23-16(14)7-12(13)9-24-18;;/h2*4-7,9-10H,1-2H3;;/q2*-2;;. The van der Waals surface area contributed by atoms with Gasteiger partial charge in [0.1, 0.15) is 0 Å². The zero-order valence-corrected chi connectivity index (χ0v) is 31.3. The van der Waals surface area contributed by atoms with Gasteiger partial charge >= 0.3 is 0 Å². The van der Waals surface area contributed by atoms with E-state index in [-0.39, 0.29) is 42.1 Å². The summed E-state index contributed by atoms with van der Waals surface area (Å²) in [6.45, 7) is 0. The fourth-order valence-electron chi connectivity index (χ4n) is 5.78. The maximum absolute atomic E-state index is 5.73. The van der Waals surface area contributed by atoms with Crippen molar-refractivity contribution in [3.05, 3.63) is 112 Å². The van der Waals surface area contributed by atoms with Gasteiger partial charge in [-0.25, -0.2) is 0 Å². The SMILES string of the molecule is Cn1c[c-]nc1-c1coc2cc3coc(-n4[c-][n+](C)cc4)c3[c-]c12.Cn1c[c-]nc1-c1coc2cc3coc(-n4[c-][n+](C)cc4)c3[c-]c12.[Pt].[Pt]. The molecule has 0 atom stereocenters. The van der Waals surface area contributed by atoms with Crippen LogP contribution in [0.2, 0.25) is 0 Å². The van der Waals surface area contributed by atoms with Crippen LogP contribution >= 0.6 is 0 Å². The number of fused-ring (bicyclic) bond motifs is 4. The number of nitrogens with zero attached hydrogens (tertiary/aromatic N) is 8. The topological polar surface area (TPSA) is 106 Å². The normalized spacial score (nSPS) is 11.3. The number of aromatic nitrogens is 8. The minimum Gasteiger partial charge on any atom is -0.509 e. The van der Waals surface area contributed by atoms with Crippen molar-refractivity contribution in [3.63, 3.8) is 0 Å². The summed E-state index contributed by atoms with van der Waals surface area (Å²) in [4.78, 5) is 8.56. The Bertz CT molecular complexity index is 2580. The van der Waals surface area contributed by atoms with Crippen molar-refractivity contribution < 1.29 is 68.9 Å². The molecular formula is C36H24N8O4Pt2-4. The minimum atomic E-state index is 0. The molecule has 50 heavy (non-hydrogen) atoms. The largest absolute Gasteiger partial charge is 0.509 e. The number of benzene rings is 2. The van der Waals surface area contributed by atoms with E-state index in [0.29, 0.717) is 11.8 Å². The van der Waals surface area contributed by atoms with Crippen LogP contribution in [0, 0.1) is 37.2 Å². The van der Waals surface area contributed by atoms with E-state index >= 15 is 0 Å². The summed E-state index contributed by atoms with van der Waals surface area (Å²) in [5.41, 5.74) is 3.25. The van der Waals surface area contributed by atoms with Gasteiger partial charge in [-0.1, -0.05) is 58.1 Å². The second-order valence-corrected chi connectivity index (χ2v) is 11.4. The monoisotopic (exact) mass is 1020 g/mol. The quantitative estimate of drug-likeness (QED) is 0.178. The average Bonchev–Trinajstić information content (AvgIpc) is 3.91. The molecule has 8 heterocycles. The van der Waals surface area contributed by atoms with Gasteiger partial charge < -0.3 is 45.9 Å². The van der Waals surface area contributed by atoms with Crippen LogP contribution in [0.1, 0.15) is 0 Å². The van der Waals surface area contributed by atoms with Gasteiger partial charge in [0, 0.05) is 79.4 Å². The third-order valence-corrected chi connectivity index (χ3v) is 8.15. The predicted octanol–water partition coefficient (Wildman–Crippen LogP) is 5.19. The second-order valence-electron chi connectivity index (χ2n) is 11.4. The maximum atomic E-state index is 5.73. The van der Waals surface area contributed by atoms with Crippen molar-refractivity contribution in [3.8, 4) is 34.5 Å². The molecule has 2 aromatic carbocycles. The second kappa shape index (κ2) is 12.9. The first-order valence-electron chi connectivity index (χ1n) is 14.8. The molecule has 0 saturated heterocycles. The summed E-state index contributed by atoms with van der Waals surface area (Å²) in [5, 5.41) is 5.32. The molecular weight excluding hydrogens is 999 g/mol. The minimum absolute atomic E-state index is 0. The Hall–Kier alpha value is -5.18. The van der Waals surface area contributed by atoms with Gasteiger partial charge in [0.05, 0.1) is 37.8 Å². The van der Waals surface area contributed by atoms with Crippen molar-refractivity contribution in [2.24, 2.45) is 28.2 Å². The van der Waals surface area contributed by atoms with E-state index in [1.54, 1.807) is 46.6 Å². The smallest absolute Gasteiger partial charge is 0.247 e. The molecule has 0 saturated carbocycles. The van der Waals surface area contributed by atoms with Gasteiger partial charge in [-0.15, -0.1) is 24.5 Å². The van der Waals surface area contributed by atoms with Gasteiger partial charge in [-0.3, -0.25) is 9.13 Å². The Labute approximate surface area is 313 Å². The third kappa shape index (κ3) is 5.49. The molecule has 14 heteroatoms. The molecule has 256 valence electrons. The molecule has 10 rings (SSSR count). The van der Waals surface area contributed by atoms with Crippen LogP contribution in [-0.2, 0) is 70.3 Å². The molecule has 0 aliphatic carbocycles. The predicted molar refractivity (Wildman–Crippen MR) is 170 cm³/mol. The summed E-state index contributed by atoms with van der Waals surface area (Å²) >= 11 is 0. The fourth-order valence-corrected chi connectivity index (χ4v) is 5.78. The molecule has 0 bridgehead atoms. The third-order valence-electron chi connectivity index (χ3n) is 8.15. The summed E-state index contributed by atoms with van der Waals surface area (Å²) < 4.78 is 33.9. The first-order chi connectivity index (χ1) is 23.4. The molecule has 0 spiro atoms. The zero-order valence-electron chi connectivity index (χ0n) is 26.8. The molecule has 0 amide bonds. The van der Waals surface area contributed by atoms with Gasteiger partial charge in [0.2, 0.25) is 24.4 Å². The fraction of sp³-hybridized carbons (Fsp3) is 0.111. The van der Waals surface area contributed by atoms with Crippen LogP contribution in [0.15, 0.2) is 92.0 Å². The van der Waals surface area contributed by atoms with E-state index in [4.69, 9.17) is 17.7 Å². The van der Waals surface area contributed by atoms with Crippen molar-refractivity contribution in [1.29, 1.82) is 0 Å². The van der Waals surface area contributed by atoms with E-state index in [9.17, 15) is 0 Å². The molecule has 0 N–H and O–H groups in total. The summed E-state index contributed by atoms with van der Waals surface area (Å²) in [6.07, 6.45) is 29.9. The van der Waals surface area contributed by atoms with Gasteiger partial charge in [0.25, 0.3) is 0 Å². The zero-order chi connectivity index (χ0) is 32.5. The van der Waals surface area contributed by atoms with Crippen molar-refractivity contribution >= 4 is 43.5 Å².